The molecule has 0 bridgehead atoms. The van der Waals surface area contributed by atoms with Crippen molar-refractivity contribution in [3.63, 3.8) is 0 Å². The largest absolute Gasteiger partial charge is 0.496 e. The van der Waals surface area contributed by atoms with E-state index in [1.165, 1.54) is 4.90 Å². The first-order valence-corrected chi connectivity index (χ1v) is 13.9. The van der Waals surface area contributed by atoms with Crippen LogP contribution in [0.15, 0.2) is 47.0 Å². The van der Waals surface area contributed by atoms with Gasteiger partial charge in [0.2, 0.25) is 5.90 Å². The Bertz CT molecular complexity index is 1450. The second kappa shape index (κ2) is 11.1. The van der Waals surface area contributed by atoms with Gasteiger partial charge in [-0.15, -0.1) is 0 Å². The van der Waals surface area contributed by atoms with Crippen LogP contribution < -0.4 is 4.74 Å². The predicted molar refractivity (Wildman–Crippen MR) is 147 cm³/mol. The number of hydrogen-bond donors (Lipinski definition) is 0. The molecule has 232 valence electrons. The molecule has 0 unspecified atom stereocenters. The van der Waals surface area contributed by atoms with Crippen LogP contribution in [0.3, 0.4) is 0 Å². The fourth-order valence-corrected chi connectivity index (χ4v) is 5.98. The number of cyclic esters (lactones) is 1. The average Bonchev–Trinajstić information content (AvgIpc) is 3.56. The fourth-order valence-electron chi connectivity index (χ4n) is 5.98. The molecule has 2 atom stereocenters. The molecule has 0 spiro atoms. The zero-order valence-corrected chi connectivity index (χ0v) is 24.2. The van der Waals surface area contributed by atoms with Gasteiger partial charge in [0, 0.05) is 17.7 Å². The maximum absolute atomic E-state index is 13.5. The van der Waals surface area contributed by atoms with E-state index in [0.717, 1.165) is 28.7 Å². The number of alkyl halides is 6. The van der Waals surface area contributed by atoms with Crippen LogP contribution in [0.2, 0.25) is 0 Å². The Hall–Kier alpha value is -3.70. The minimum Gasteiger partial charge on any atom is -0.496 e. The minimum atomic E-state index is -5.02. The zero-order chi connectivity index (χ0) is 31.3. The average molecular weight is 611 g/mol. The molecular weight excluding hydrogens is 578 g/mol. The van der Waals surface area contributed by atoms with E-state index in [0.29, 0.717) is 49.8 Å². The Morgan fingerprint density at radius 2 is 1.72 bits per heavy atom. The lowest BCUT2D eigenvalue weighted by Gasteiger charge is -2.36. The molecular formula is C31H32F6N2O4. The third-order valence-corrected chi connectivity index (χ3v) is 8.22. The van der Waals surface area contributed by atoms with Crippen molar-refractivity contribution in [3.05, 3.63) is 69.8 Å². The lowest BCUT2D eigenvalue weighted by molar-refractivity contribution is -0.143. The number of amides is 1. The van der Waals surface area contributed by atoms with Gasteiger partial charge in [-0.25, -0.2) is 9.79 Å². The first-order chi connectivity index (χ1) is 20.1. The molecule has 0 aromatic heterocycles. The highest BCUT2D eigenvalue weighted by Gasteiger charge is 2.44. The smallest absolute Gasteiger partial charge is 0.416 e. The second-order valence-electron chi connectivity index (χ2n) is 11.9. The summed E-state index contributed by atoms with van der Waals surface area (Å²) >= 11 is 0. The maximum atomic E-state index is 13.5. The second-order valence-corrected chi connectivity index (χ2v) is 11.9. The van der Waals surface area contributed by atoms with E-state index in [-0.39, 0.29) is 23.6 Å². The maximum Gasteiger partial charge on any atom is 0.416 e. The van der Waals surface area contributed by atoms with E-state index < -0.39 is 41.7 Å². The number of carbonyl (C=O) groups excluding carboxylic acids is 1. The molecule has 2 aromatic rings. The van der Waals surface area contributed by atoms with Gasteiger partial charge in [-0.3, -0.25) is 4.90 Å². The van der Waals surface area contributed by atoms with E-state index in [4.69, 9.17) is 14.2 Å². The van der Waals surface area contributed by atoms with Crippen molar-refractivity contribution >= 4 is 17.6 Å². The van der Waals surface area contributed by atoms with E-state index in [1.807, 2.05) is 18.2 Å². The van der Waals surface area contributed by atoms with E-state index in [9.17, 15) is 31.1 Å². The van der Waals surface area contributed by atoms with Crippen LogP contribution in [0.1, 0.15) is 74.0 Å². The summed E-state index contributed by atoms with van der Waals surface area (Å²) < 4.78 is 98.0. The van der Waals surface area contributed by atoms with Gasteiger partial charge < -0.3 is 14.2 Å². The summed E-state index contributed by atoms with van der Waals surface area (Å²) in [6.07, 6.45) is -10.0. The minimum absolute atomic E-state index is 0.0631. The Labute approximate surface area is 245 Å². The fraction of sp³-hybridized carbons (Fsp3) is 0.484. The normalized spacial score (nSPS) is 22.4. The molecule has 2 aromatic carbocycles. The van der Waals surface area contributed by atoms with Crippen LogP contribution in [0.25, 0.3) is 5.57 Å². The van der Waals surface area contributed by atoms with Crippen molar-refractivity contribution in [1.82, 2.24) is 4.90 Å². The summed E-state index contributed by atoms with van der Waals surface area (Å²) in [5.74, 6) is 1.15. The van der Waals surface area contributed by atoms with Gasteiger partial charge in [-0.2, -0.15) is 26.3 Å². The van der Waals surface area contributed by atoms with Crippen molar-refractivity contribution in [3.8, 4) is 5.75 Å². The number of rotatable bonds is 6. The van der Waals surface area contributed by atoms with Crippen LogP contribution >= 0.6 is 0 Å². The number of hydrogen-bond acceptors (Lipinski definition) is 5. The van der Waals surface area contributed by atoms with E-state index >= 15 is 0 Å². The summed E-state index contributed by atoms with van der Waals surface area (Å²) in [7, 11) is 1.56. The van der Waals surface area contributed by atoms with E-state index in [1.54, 1.807) is 14.0 Å². The van der Waals surface area contributed by atoms with Gasteiger partial charge in [-0.1, -0.05) is 13.8 Å². The van der Waals surface area contributed by atoms with Crippen LogP contribution in [-0.4, -0.2) is 49.7 Å². The molecule has 2 aliphatic heterocycles. The topological polar surface area (TPSA) is 60.4 Å². The number of halogens is 6. The third kappa shape index (κ3) is 6.33. The molecule has 43 heavy (non-hydrogen) atoms. The highest BCUT2D eigenvalue weighted by molar-refractivity contribution is 5.96. The van der Waals surface area contributed by atoms with Crippen molar-refractivity contribution in [1.29, 1.82) is 0 Å². The molecule has 0 N–H and O–H groups in total. The van der Waals surface area contributed by atoms with Gasteiger partial charge in [0.15, 0.2) is 0 Å². The van der Waals surface area contributed by atoms with Crippen molar-refractivity contribution in [2.75, 3.05) is 26.8 Å². The number of carbonyl (C=O) groups is 1. The Kier molecular flexibility index (Phi) is 7.93. The summed E-state index contributed by atoms with van der Waals surface area (Å²) in [6, 6.07) is 6.07. The third-order valence-electron chi connectivity index (χ3n) is 8.22. The monoisotopic (exact) mass is 610 g/mol. The molecule has 2 heterocycles. The first-order valence-electron chi connectivity index (χ1n) is 13.9. The van der Waals surface area contributed by atoms with Gasteiger partial charge in [0.05, 0.1) is 30.8 Å². The highest BCUT2D eigenvalue weighted by Crippen LogP contribution is 2.46. The number of ether oxygens (including phenoxy) is 3. The van der Waals surface area contributed by atoms with Crippen LogP contribution in [0.5, 0.6) is 5.75 Å². The molecule has 1 saturated heterocycles. The summed E-state index contributed by atoms with van der Waals surface area (Å²) in [5.41, 5.74) is 0.0651. The lowest BCUT2D eigenvalue weighted by atomic mass is 9.72. The SMILES string of the molecule is COc1ccc(C2=NCCO2)cc1C1=C(CN2C(=O)O[C@H](c3cc(C(F)(F)F)cc(C(F)(F)F)c3)[C@@H]2C)CC(C)(C)CC1. The highest BCUT2D eigenvalue weighted by atomic mass is 19.4. The number of allylic oxidation sites excluding steroid dienone is 1. The quantitative estimate of drug-likeness (QED) is 0.311. The Balaban J connectivity index is 1.52. The zero-order valence-electron chi connectivity index (χ0n) is 24.2. The summed E-state index contributed by atoms with van der Waals surface area (Å²) in [5, 5.41) is 0. The number of aliphatic imine (C=N–C) groups is 1. The number of benzene rings is 2. The molecule has 1 aliphatic carbocycles. The standard InChI is InChI=1S/C31H32F6N2O4/c1-17-26(19-11-21(30(32,33)34)14-22(12-19)31(35,36)37)43-28(40)39(17)16-20-15-29(2,3)8-7-23(20)24-13-18(5-6-25(24)41-4)27-38-9-10-42-27/h5-6,11-14,17,26H,7-10,15-16H2,1-4H3/t17-,26-/m0/s1. The van der Waals surface area contributed by atoms with Crippen molar-refractivity contribution < 1.29 is 45.3 Å². The van der Waals surface area contributed by atoms with Gasteiger partial charge in [0.25, 0.3) is 0 Å². The van der Waals surface area contributed by atoms with Gasteiger partial charge >= 0.3 is 18.4 Å². The molecule has 12 heteroatoms. The predicted octanol–water partition coefficient (Wildman–Crippen LogP) is 8.06. The van der Waals surface area contributed by atoms with E-state index in [2.05, 4.69) is 18.8 Å². The molecule has 6 nitrogen and oxygen atoms in total. The van der Waals surface area contributed by atoms with Crippen LogP contribution in [0, 0.1) is 5.41 Å². The van der Waals surface area contributed by atoms with Crippen molar-refractivity contribution in [2.24, 2.45) is 10.4 Å². The molecule has 5 rings (SSSR count). The number of methoxy groups -OCH3 is 1. The Morgan fingerprint density at radius 1 is 1.05 bits per heavy atom. The molecule has 0 radical (unpaired) electrons. The van der Waals surface area contributed by atoms with Crippen molar-refractivity contribution in [2.45, 2.75) is 64.5 Å². The molecule has 1 fully saturated rings. The van der Waals surface area contributed by atoms with Gasteiger partial charge in [0.1, 0.15) is 18.5 Å². The molecule has 1 amide bonds. The van der Waals surface area contributed by atoms with Crippen LogP contribution in [-0.2, 0) is 21.8 Å². The first kappa shape index (κ1) is 30.7. The van der Waals surface area contributed by atoms with Gasteiger partial charge in [-0.05, 0) is 84.7 Å². The summed E-state index contributed by atoms with van der Waals surface area (Å²) in [6.45, 7) is 6.92. The van der Waals surface area contributed by atoms with Crippen LogP contribution in [0.4, 0.5) is 31.1 Å². The lowest BCUT2D eigenvalue weighted by Crippen LogP contribution is -2.35. The summed E-state index contributed by atoms with van der Waals surface area (Å²) in [4.78, 5) is 18.9. The Morgan fingerprint density at radius 3 is 2.30 bits per heavy atom. The number of nitrogens with zero attached hydrogens (tertiary/aromatic N) is 2. The molecule has 0 saturated carbocycles. The molecule has 3 aliphatic rings.